The summed E-state index contributed by atoms with van der Waals surface area (Å²) in [6.07, 6.45) is 1.04. The number of ether oxygens (including phenoxy) is 3. The SMILES string of the molecule is CC[C@H](C)[C@@H]([C@@H](CC(=O)N1CCC[C@H]1[C@H](OC)[C@@H](C)C(=O)NC(Cc1ccccc1)C(=O)OC)OC)N(C)C(=O)[C@@H](NC(=O)C(C)(C)CN)C(C)C. The summed E-state index contributed by atoms with van der Waals surface area (Å²) in [6, 6.07) is 6.80. The lowest BCUT2D eigenvalue weighted by Gasteiger charge is -2.41. The molecule has 0 spiro atoms. The maximum absolute atomic E-state index is 14.1. The largest absolute Gasteiger partial charge is 0.467 e. The number of nitrogens with zero attached hydrogens (tertiary/aromatic N) is 2. The van der Waals surface area contributed by atoms with Crippen LogP contribution in [0.15, 0.2) is 30.3 Å². The maximum Gasteiger partial charge on any atom is 0.328 e. The molecule has 52 heavy (non-hydrogen) atoms. The molecule has 294 valence electrons. The Hall–Kier alpha value is -3.55. The summed E-state index contributed by atoms with van der Waals surface area (Å²) >= 11 is 0. The van der Waals surface area contributed by atoms with Crippen LogP contribution in [-0.4, -0.2) is 117 Å². The number of carbonyl (C=O) groups is 5. The van der Waals surface area contributed by atoms with Crippen LogP contribution in [0.1, 0.15) is 79.7 Å². The first-order chi connectivity index (χ1) is 24.5. The topological polar surface area (TPSA) is 170 Å². The van der Waals surface area contributed by atoms with Crippen LogP contribution in [-0.2, 0) is 44.6 Å². The number of nitrogens with one attached hydrogen (secondary N) is 2. The van der Waals surface area contributed by atoms with Crippen molar-refractivity contribution in [2.45, 2.75) is 117 Å². The Morgan fingerprint density at radius 2 is 1.63 bits per heavy atom. The molecule has 2 rings (SSSR count). The smallest absolute Gasteiger partial charge is 0.328 e. The highest BCUT2D eigenvalue weighted by Gasteiger charge is 2.43. The van der Waals surface area contributed by atoms with E-state index in [-0.39, 0.29) is 54.9 Å². The molecule has 1 aromatic rings. The Morgan fingerprint density at radius 3 is 2.15 bits per heavy atom. The van der Waals surface area contributed by atoms with Crippen molar-refractivity contribution >= 4 is 29.6 Å². The van der Waals surface area contributed by atoms with Gasteiger partial charge in [0.2, 0.25) is 23.6 Å². The molecule has 0 aromatic heterocycles. The molecule has 13 nitrogen and oxygen atoms in total. The van der Waals surface area contributed by atoms with Crippen molar-refractivity contribution in [3.05, 3.63) is 35.9 Å². The summed E-state index contributed by atoms with van der Waals surface area (Å²) in [6.45, 7) is 13.6. The molecule has 1 unspecified atom stereocenters. The number of rotatable bonds is 20. The van der Waals surface area contributed by atoms with Crippen molar-refractivity contribution in [3.8, 4) is 0 Å². The van der Waals surface area contributed by atoms with E-state index < -0.39 is 53.7 Å². The van der Waals surface area contributed by atoms with E-state index in [1.54, 1.807) is 37.6 Å². The van der Waals surface area contributed by atoms with Gasteiger partial charge in [-0.3, -0.25) is 19.2 Å². The average Bonchev–Trinajstić information content (AvgIpc) is 3.62. The van der Waals surface area contributed by atoms with E-state index >= 15 is 0 Å². The zero-order chi connectivity index (χ0) is 39.3. The van der Waals surface area contributed by atoms with Gasteiger partial charge >= 0.3 is 5.97 Å². The Morgan fingerprint density at radius 1 is 1.00 bits per heavy atom. The van der Waals surface area contributed by atoms with E-state index in [0.29, 0.717) is 13.0 Å². The fraction of sp³-hybridized carbons (Fsp3) is 0.718. The summed E-state index contributed by atoms with van der Waals surface area (Å²) < 4.78 is 16.9. The maximum atomic E-state index is 14.1. The van der Waals surface area contributed by atoms with Crippen LogP contribution in [0.5, 0.6) is 0 Å². The third-order valence-corrected chi connectivity index (χ3v) is 10.7. The Bertz CT molecular complexity index is 1320. The molecule has 1 aliphatic rings. The first-order valence-electron chi connectivity index (χ1n) is 18.5. The van der Waals surface area contributed by atoms with E-state index in [2.05, 4.69) is 10.6 Å². The van der Waals surface area contributed by atoms with Crippen molar-refractivity contribution in [3.63, 3.8) is 0 Å². The number of amides is 4. The molecule has 4 amide bonds. The Balaban J connectivity index is 2.28. The predicted octanol–water partition coefficient (Wildman–Crippen LogP) is 2.93. The second-order valence-corrected chi connectivity index (χ2v) is 15.1. The minimum atomic E-state index is -0.892. The zero-order valence-electron chi connectivity index (χ0n) is 33.3. The van der Waals surface area contributed by atoms with Gasteiger partial charge in [0.1, 0.15) is 12.1 Å². The molecule has 1 fully saturated rings. The second kappa shape index (κ2) is 20.6. The van der Waals surface area contributed by atoms with E-state index in [1.165, 1.54) is 21.3 Å². The van der Waals surface area contributed by atoms with Crippen LogP contribution in [0.3, 0.4) is 0 Å². The molecule has 13 heteroatoms. The van der Waals surface area contributed by atoms with Gasteiger partial charge in [-0.1, -0.05) is 71.4 Å². The van der Waals surface area contributed by atoms with Gasteiger partial charge in [-0.05, 0) is 44.1 Å². The van der Waals surface area contributed by atoms with Crippen LogP contribution < -0.4 is 16.4 Å². The number of likely N-dealkylation sites (N-methyl/N-ethyl adjacent to an activating group) is 1. The molecule has 0 saturated carbocycles. The minimum absolute atomic E-state index is 0.00294. The standard InChI is InChI=1S/C39H65N5O8/c1-12-25(4)33(43(8)36(47)32(24(2)3)42-38(49)39(6,7)23-40)30(50-9)22-31(45)44-20-16-19-29(44)34(51-10)26(5)35(46)41-28(37(48)52-11)21-27-17-14-13-15-18-27/h13-15,17-18,24-26,28-30,32-34H,12,16,19-23,40H2,1-11H3,(H,41,46)(H,42,49)/t25-,26+,28?,29-,30+,32-,33-,34+/m0/s1. The number of benzene rings is 1. The molecule has 1 aliphatic heterocycles. The molecule has 0 aliphatic carbocycles. The third kappa shape index (κ3) is 11.5. The minimum Gasteiger partial charge on any atom is -0.467 e. The molecular weight excluding hydrogens is 666 g/mol. The zero-order valence-corrected chi connectivity index (χ0v) is 33.3. The second-order valence-electron chi connectivity index (χ2n) is 15.1. The predicted molar refractivity (Wildman–Crippen MR) is 200 cm³/mol. The van der Waals surface area contributed by atoms with E-state index in [4.69, 9.17) is 19.9 Å². The van der Waals surface area contributed by atoms with Crippen LogP contribution in [0.4, 0.5) is 0 Å². The molecule has 1 aromatic carbocycles. The number of hydrogen-bond acceptors (Lipinski definition) is 9. The van der Waals surface area contributed by atoms with E-state index in [0.717, 1.165) is 18.4 Å². The quantitative estimate of drug-likeness (QED) is 0.171. The molecule has 4 N–H and O–H groups in total. The van der Waals surface area contributed by atoms with Crippen molar-refractivity contribution in [1.82, 2.24) is 20.4 Å². The van der Waals surface area contributed by atoms with Gasteiger partial charge in [0, 0.05) is 40.8 Å². The fourth-order valence-corrected chi connectivity index (χ4v) is 6.96. The number of nitrogens with two attached hydrogens (primary N) is 1. The lowest BCUT2D eigenvalue weighted by Crippen LogP contribution is -2.59. The third-order valence-electron chi connectivity index (χ3n) is 10.7. The van der Waals surface area contributed by atoms with Gasteiger partial charge in [0.25, 0.3) is 0 Å². The van der Waals surface area contributed by atoms with Crippen molar-refractivity contribution < 1.29 is 38.2 Å². The van der Waals surface area contributed by atoms with Crippen molar-refractivity contribution in [2.75, 3.05) is 41.5 Å². The lowest BCUT2D eigenvalue weighted by atomic mass is 9.88. The van der Waals surface area contributed by atoms with Crippen LogP contribution >= 0.6 is 0 Å². The molecule has 0 bridgehead atoms. The lowest BCUT2D eigenvalue weighted by molar-refractivity contribution is -0.149. The first-order valence-corrected chi connectivity index (χ1v) is 18.5. The summed E-state index contributed by atoms with van der Waals surface area (Å²) in [7, 11) is 6.04. The van der Waals surface area contributed by atoms with Gasteiger partial charge in [-0.25, -0.2) is 4.79 Å². The highest BCUT2D eigenvalue weighted by atomic mass is 16.5. The van der Waals surface area contributed by atoms with E-state index in [1.807, 2.05) is 58.0 Å². The van der Waals surface area contributed by atoms with Crippen LogP contribution in [0, 0.1) is 23.2 Å². The number of esters is 1. The van der Waals surface area contributed by atoms with Gasteiger partial charge in [0.05, 0.1) is 49.2 Å². The summed E-state index contributed by atoms with van der Waals surface area (Å²) in [5.74, 6) is -2.63. The summed E-state index contributed by atoms with van der Waals surface area (Å²) in [5, 5.41) is 5.77. The van der Waals surface area contributed by atoms with E-state index in [9.17, 15) is 24.0 Å². The highest BCUT2D eigenvalue weighted by Crippen LogP contribution is 2.30. The van der Waals surface area contributed by atoms with Crippen molar-refractivity contribution in [2.24, 2.45) is 28.9 Å². The molecule has 0 radical (unpaired) electrons. The average molecular weight is 732 g/mol. The molecular formula is C39H65N5O8. The Kier molecular flexibility index (Phi) is 17.7. The normalized spacial score (nSPS) is 18.8. The number of methoxy groups -OCH3 is 3. The molecule has 1 heterocycles. The monoisotopic (exact) mass is 731 g/mol. The molecule has 1 saturated heterocycles. The first kappa shape index (κ1) is 44.6. The van der Waals surface area contributed by atoms with Gasteiger partial charge in [0.15, 0.2) is 0 Å². The summed E-state index contributed by atoms with van der Waals surface area (Å²) in [5.41, 5.74) is 5.86. The van der Waals surface area contributed by atoms with Crippen LogP contribution in [0.25, 0.3) is 0 Å². The van der Waals surface area contributed by atoms with Crippen molar-refractivity contribution in [1.29, 1.82) is 0 Å². The Labute approximate surface area is 311 Å². The van der Waals surface area contributed by atoms with Gasteiger partial charge in [-0.15, -0.1) is 0 Å². The fourth-order valence-electron chi connectivity index (χ4n) is 6.96. The number of likely N-dealkylation sites (tertiary alicyclic amines) is 1. The highest BCUT2D eigenvalue weighted by molar-refractivity contribution is 5.90. The van der Waals surface area contributed by atoms with Gasteiger partial charge in [-0.2, -0.15) is 0 Å². The number of hydrogen-bond donors (Lipinski definition) is 3. The van der Waals surface area contributed by atoms with Crippen LogP contribution in [0.2, 0.25) is 0 Å². The number of carbonyl (C=O) groups excluding carboxylic acids is 5. The summed E-state index contributed by atoms with van der Waals surface area (Å²) in [4.78, 5) is 70.9. The molecule has 8 atom stereocenters. The van der Waals surface area contributed by atoms with Gasteiger partial charge < -0.3 is 40.4 Å².